The number of benzene rings is 1. The molecule has 14 heavy (non-hydrogen) atoms. The average molecular weight is 217 g/mol. The van der Waals surface area contributed by atoms with E-state index >= 15 is 0 Å². The Morgan fingerprint density at radius 2 is 2.00 bits per heavy atom. The Balaban J connectivity index is 2.52. The molecule has 0 N–H and O–H groups in total. The smallest absolute Gasteiger partial charge is 0.313 e. The zero-order valence-corrected chi connectivity index (χ0v) is 7.42. The predicted molar refractivity (Wildman–Crippen MR) is 44.7 cm³/mol. The second-order valence-electron chi connectivity index (χ2n) is 2.48. The van der Waals surface area contributed by atoms with Crippen molar-refractivity contribution in [2.45, 2.75) is 0 Å². The van der Waals surface area contributed by atoms with E-state index < -0.39 is 11.6 Å². The van der Waals surface area contributed by atoms with Crippen LogP contribution >= 0.6 is 11.6 Å². The third-order valence-corrected chi connectivity index (χ3v) is 1.71. The lowest BCUT2D eigenvalue weighted by Gasteiger charge is -1.96. The normalized spacial score (nSPS) is 10.5. The van der Waals surface area contributed by atoms with Crippen molar-refractivity contribution >= 4 is 11.6 Å². The number of halogens is 3. The molecule has 0 aliphatic rings. The Hall–Kier alpha value is -1.49. The van der Waals surface area contributed by atoms with Crippen molar-refractivity contribution in [2.24, 2.45) is 0 Å². The second-order valence-corrected chi connectivity index (χ2v) is 2.81. The fourth-order valence-electron chi connectivity index (χ4n) is 0.977. The van der Waals surface area contributed by atoms with E-state index in [0.29, 0.717) is 0 Å². The molecule has 0 fully saturated rings. The van der Waals surface area contributed by atoms with Gasteiger partial charge in [0, 0.05) is 6.07 Å². The van der Waals surface area contributed by atoms with Gasteiger partial charge in [0.25, 0.3) is 5.89 Å². The van der Waals surface area contributed by atoms with E-state index in [2.05, 4.69) is 10.2 Å². The number of nitrogens with zero attached hydrogens (tertiary/aromatic N) is 2. The third-order valence-electron chi connectivity index (χ3n) is 1.56. The van der Waals surface area contributed by atoms with E-state index in [1.807, 2.05) is 0 Å². The standard InChI is InChI=1S/C8H3ClF2N2O/c9-8-13-12-7(14-8)5-2-1-4(10)3-6(5)11/h1-3H. The molecule has 6 heteroatoms. The highest BCUT2D eigenvalue weighted by atomic mass is 35.5. The van der Waals surface area contributed by atoms with Gasteiger partial charge in [0.15, 0.2) is 0 Å². The SMILES string of the molecule is Fc1ccc(-c2nnc(Cl)o2)c(F)c1. The summed E-state index contributed by atoms with van der Waals surface area (Å²) in [7, 11) is 0. The molecule has 2 rings (SSSR count). The summed E-state index contributed by atoms with van der Waals surface area (Å²) < 4.78 is 30.4. The topological polar surface area (TPSA) is 38.9 Å². The number of aromatic nitrogens is 2. The lowest BCUT2D eigenvalue weighted by Crippen LogP contribution is -1.86. The van der Waals surface area contributed by atoms with Crippen LogP contribution < -0.4 is 0 Å². The van der Waals surface area contributed by atoms with Gasteiger partial charge >= 0.3 is 5.35 Å². The molecule has 0 saturated heterocycles. The molecule has 1 heterocycles. The van der Waals surface area contributed by atoms with Gasteiger partial charge in [-0.2, -0.15) is 0 Å². The molecular weight excluding hydrogens is 214 g/mol. The van der Waals surface area contributed by atoms with Crippen LogP contribution in [0.3, 0.4) is 0 Å². The van der Waals surface area contributed by atoms with E-state index in [9.17, 15) is 8.78 Å². The van der Waals surface area contributed by atoms with Gasteiger partial charge in [-0.05, 0) is 23.7 Å². The molecule has 72 valence electrons. The summed E-state index contributed by atoms with van der Waals surface area (Å²) in [6, 6.07) is 3.03. The van der Waals surface area contributed by atoms with Crippen molar-refractivity contribution in [3.8, 4) is 11.5 Å². The maximum Gasteiger partial charge on any atom is 0.313 e. The maximum absolute atomic E-state index is 13.1. The molecule has 0 unspecified atom stereocenters. The van der Waals surface area contributed by atoms with Crippen LogP contribution in [0, 0.1) is 11.6 Å². The van der Waals surface area contributed by atoms with Crippen LogP contribution in [0.4, 0.5) is 8.78 Å². The molecule has 2 aromatic rings. The van der Waals surface area contributed by atoms with Crippen molar-refractivity contribution in [1.82, 2.24) is 10.2 Å². The van der Waals surface area contributed by atoms with Crippen LogP contribution in [0.25, 0.3) is 11.5 Å². The molecule has 0 aliphatic carbocycles. The molecule has 1 aromatic heterocycles. The van der Waals surface area contributed by atoms with E-state index in [-0.39, 0.29) is 16.8 Å². The monoisotopic (exact) mass is 216 g/mol. The summed E-state index contributed by atoms with van der Waals surface area (Å²) in [6.45, 7) is 0. The van der Waals surface area contributed by atoms with Crippen LogP contribution in [0.5, 0.6) is 0 Å². The molecule has 1 aromatic carbocycles. The third kappa shape index (κ3) is 1.58. The average Bonchev–Trinajstić information content (AvgIpc) is 2.51. The highest BCUT2D eigenvalue weighted by Gasteiger charge is 2.12. The summed E-state index contributed by atoms with van der Waals surface area (Å²) in [5.41, 5.74) is 0.0193. The summed E-state index contributed by atoms with van der Waals surface area (Å²) in [5.74, 6) is -1.52. The quantitative estimate of drug-likeness (QED) is 0.736. The molecule has 0 aliphatic heterocycles. The molecule has 0 atom stereocenters. The first-order valence-corrected chi connectivity index (χ1v) is 3.99. The molecule has 0 amide bonds. The van der Waals surface area contributed by atoms with Gasteiger partial charge in [0.05, 0.1) is 5.56 Å². The van der Waals surface area contributed by atoms with Gasteiger partial charge in [0.1, 0.15) is 11.6 Å². The number of hydrogen-bond donors (Lipinski definition) is 0. The van der Waals surface area contributed by atoms with Crippen LogP contribution in [-0.2, 0) is 0 Å². The Bertz CT molecular complexity index is 472. The molecule has 0 saturated carbocycles. The first-order valence-electron chi connectivity index (χ1n) is 3.61. The molecule has 0 spiro atoms. The lowest BCUT2D eigenvalue weighted by molar-refractivity contribution is 0.553. The molecule has 0 bridgehead atoms. The zero-order chi connectivity index (χ0) is 10.1. The maximum atomic E-state index is 13.1. The van der Waals surface area contributed by atoms with Crippen molar-refractivity contribution in [3.63, 3.8) is 0 Å². The Morgan fingerprint density at radius 1 is 1.21 bits per heavy atom. The van der Waals surface area contributed by atoms with Crippen molar-refractivity contribution in [1.29, 1.82) is 0 Å². The van der Waals surface area contributed by atoms with Crippen molar-refractivity contribution < 1.29 is 13.2 Å². The van der Waals surface area contributed by atoms with Crippen LogP contribution in [0.1, 0.15) is 0 Å². The minimum Gasteiger partial charge on any atom is -0.407 e. The van der Waals surface area contributed by atoms with E-state index in [1.165, 1.54) is 6.07 Å². The highest BCUT2D eigenvalue weighted by molar-refractivity contribution is 6.27. The molecule has 3 nitrogen and oxygen atoms in total. The van der Waals surface area contributed by atoms with Crippen molar-refractivity contribution in [3.05, 3.63) is 35.2 Å². The van der Waals surface area contributed by atoms with Crippen LogP contribution in [0.2, 0.25) is 5.35 Å². The Kier molecular flexibility index (Phi) is 2.17. The molecular formula is C8H3ClF2N2O. The molecule has 0 radical (unpaired) electrons. The first kappa shape index (κ1) is 9.08. The number of rotatable bonds is 1. The number of hydrogen-bond acceptors (Lipinski definition) is 3. The van der Waals surface area contributed by atoms with E-state index in [4.69, 9.17) is 16.0 Å². The van der Waals surface area contributed by atoms with E-state index in [1.54, 1.807) is 0 Å². The second kappa shape index (κ2) is 3.34. The summed E-state index contributed by atoms with van der Waals surface area (Å²) in [4.78, 5) is 0. The summed E-state index contributed by atoms with van der Waals surface area (Å²) in [5, 5.41) is 6.62. The van der Waals surface area contributed by atoms with Crippen molar-refractivity contribution in [2.75, 3.05) is 0 Å². The van der Waals surface area contributed by atoms with Gasteiger partial charge in [-0.15, -0.1) is 5.10 Å². The minimum atomic E-state index is -0.773. The minimum absolute atomic E-state index is 0.0193. The summed E-state index contributed by atoms with van der Waals surface area (Å²) in [6.07, 6.45) is 0. The van der Waals surface area contributed by atoms with Gasteiger partial charge < -0.3 is 4.42 Å². The highest BCUT2D eigenvalue weighted by Crippen LogP contribution is 2.23. The van der Waals surface area contributed by atoms with E-state index in [0.717, 1.165) is 12.1 Å². The van der Waals surface area contributed by atoms with Gasteiger partial charge in [-0.3, -0.25) is 0 Å². The van der Waals surface area contributed by atoms with Gasteiger partial charge in [0.2, 0.25) is 0 Å². The Labute approximate surface area is 82.3 Å². The predicted octanol–water partition coefficient (Wildman–Crippen LogP) is 2.67. The largest absolute Gasteiger partial charge is 0.407 e. The fourth-order valence-corrected chi connectivity index (χ4v) is 1.09. The van der Waals surface area contributed by atoms with Crippen LogP contribution in [0.15, 0.2) is 22.6 Å². The fraction of sp³-hybridized carbons (Fsp3) is 0. The zero-order valence-electron chi connectivity index (χ0n) is 6.67. The summed E-state index contributed by atoms with van der Waals surface area (Å²) >= 11 is 5.36. The van der Waals surface area contributed by atoms with Crippen LogP contribution in [-0.4, -0.2) is 10.2 Å². The van der Waals surface area contributed by atoms with Gasteiger partial charge in [-0.25, -0.2) is 8.78 Å². The first-order chi connectivity index (χ1) is 6.66. The van der Waals surface area contributed by atoms with Gasteiger partial charge in [-0.1, -0.05) is 5.10 Å². The lowest BCUT2D eigenvalue weighted by atomic mass is 10.2. The Morgan fingerprint density at radius 3 is 2.57 bits per heavy atom.